The second kappa shape index (κ2) is 6.37. The van der Waals surface area contributed by atoms with Crippen LogP contribution >= 0.6 is 69.6 Å². The molecule has 0 atom stereocenters. The van der Waals surface area contributed by atoms with Gasteiger partial charge in [0.05, 0.1) is 15.1 Å². The van der Waals surface area contributed by atoms with E-state index in [0.717, 1.165) is 0 Å². The minimum atomic E-state index is -0.952. The molecule has 0 saturated carbocycles. The molecule has 0 heterocycles. The molecule has 0 fully saturated rings. The molecular formula is C9H2Cl6O2. The lowest BCUT2D eigenvalue weighted by atomic mass is 10.3. The first-order valence-electron chi connectivity index (χ1n) is 3.90. The van der Waals surface area contributed by atoms with Gasteiger partial charge in [0.1, 0.15) is 4.49 Å². The summed E-state index contributed by atoms with van der Waals surface area (Å²) in [7, 11) is 0. The van der Waals surface area contributed by atoms with Gasteiger partial charge in [0.25, 0.3) is 0 Å². The molecule has 92 valence electrons. The first-order valence-corrected chi connectivity index (χ1v) is 6.17. The van der Waals surface area contributed by atoms with Crippen molar-refractivity contribution >= 4 is 75.6 Å². The summed E-state index contributed by atoms with van der Waals surface area (Å²) in [4.78, 5) is 11.4. The van der Waals surface area contributed by atoms with Crippen LogP contribution < -0.4 is 4.74 Å². The number of carbonyl (C=O) groups is 1. The van der Waals surface area contributed by atoms with E-state index < -0.39 is 15.5 Å². The quantitative estimate of drug-likeness (QED) is 0.306. The number of benzene rings is 1. The molecule has 0 aromatic heterocycles. The van der Waals surface area contributed by atoms with Gasteiger partial charge in [0.2, 0.25) is 0 Å². The molecule has 0 amide bonds. The van der Waals surface area contributed by atoms with Crippen LogP contribution in [0, 0.1) is 0 Å². The molecule has 0 saturated heterocycles. The lowest BCUT2D eigenvalue weighted by molar-refractivity contribution is -0.129. The molecule has 17 heavy (non-hydrogen) atoms. The molecule has 0 spiro atoms. The molecule has 1 aromatic carbocycles. The van der Waals surface area contributed by atoms with Crippen LogP contribution in [0.2, 0.25) is 15.1 Å². The van der Waals surface area contributed by atoms with E-state index in [4.69, 9.17) is 74.3 Å². The van der Waals surface area contributed by atoms with Crippen LogP contribution in [-0.2, 0) is 4.79 Å². The second-order valence-electron chi connectivity index (χ2n) is 2.66. The van der Waals surface area contributed by atoms with E-state index in [1.165, 1.54) is 12.1 Å². The van der Waals surface area contributed by atoms with Crippen LogP contribution in [0.4, 0.5) is 0 Å². The molecular weight excluding hydrogens is 353 g/mol. The Morgan fingerprint density at radius 3 is 2.00 bits per heavy atom. The first-order chi connectivity index (χ1) is 7.82. The number of carbonyl (C=O) groups excluding carboxylic acids is 1. The van der Waals surface area contributed by atoms with Crippen LogP contribution in [0.15, 0.2) is 21.7 Å². The SMILES string of the molecule is O=C(Oc1cc(Cl)c(Cl)cc1Cl)C(Cl)=C(Cl)Cl. The maximum atomic E-state index is 11.4. The van der Waals surface area contributed by atoms with E-state index in [2.05, 4.69) is 0 Å². The number of rotatable bonds is 2. The summed E-state index contributed by atoms with van der Waals surface area (Å²) in [5.41, 5.74) is 0. The van der Waals surface area contributed by atoms with E-state index in [0.29, 0.717) is 0 Å². The van der Waals surface area contributed by atoms with Crippen LogP contribution in [0.1, 0.15) is 0 Å². The summed E-state index contributed by atoms with van der Waals surface area (Å²) in [6.07, 6.45) is 0. The standard InChI is InChI=1S/C9H2Cl6O2/c10-3-1-5(12)6(2-4(3)11)17-9(16)7(13)8(14)15/h1-2H. The third kappa shape index (κ3) is 4.09. The molecule has 1 aromatic rings. The molecule has 0 bridgehead atoms. The molecule has 0 aliphatic rings. The van der Waals surface area contributed by atoms with Crippen molar-refractivity contribution in [3.63, 3.8) is 0 Å². The summed E-state index contributed by atoms with van der Waals surface area (Å²) in [6.45, 7) is 0. The van der Waals surface area contributed by atoms with Crippen molar-refractivity contribution in [1.82, 2.24) is 0 Å². The molecule has 2 nitrogen and oxygen atoms in total. The molecule has 0 radical (unpaired) electrons. The Hall–Kier alpha value is 0.170. The zero-order chi connectivity index (χ0) is 13.2. The fourth-order valence-corrected chi connectivity index (χ4v) is 1.57. The predicted molar refractivity (Wildman–Crippen MR) is 71.7 cm³/mol. The monoisotopic (exact) mass is 352 g/mol. The van der Waals surface area contributed by atoms with Gasteiger partial charge in [-0.05, 0) is 6.07 Å². The van der Waals surface area contributed by atoms with E-state index >= 15 is 0 Å². The van der Waals surface area contributed by atoms with Gasteiger partial charge in [-0.15, -0.1) is 0 Å². The van der Waals surface area contributed by atoms with Crippen molar-refractivity contribution in [2.24, 2.45) is 0 Å². The zero-order valence-electron chi connectivity index (χ0n) is 7.74. The molecule has 0 unspecified atom stereocenters. The lowest BCUT2D eigenvalue weighted by Crippen LogP contribution is -2.08. The molecule has 1 rings (SSSR count). The van der Waals surface area contributed by atoms with Crippen molar-refractivity contribution in [1.29, 1.82) is 0 Å². The summed E-state index contributed by atoms with van der Waals surface area (Å²) in [5, 5.41) is 0.0443. The van der Waals surface area contributed by atoms with Crippen LogP contribution in [0.5, 0.6) is 5.75 Å². The van der Waals surface area contributed by atoms with E-state index in [9.17, 15) is 4.79 Å². The normalized spacial score (nSPS) is 10.0. The third-order valence-corrected chi connectivity index (χ3v) is 3.45. The fraction of sp³-hybridized carbons (Fsp3) is 0. The highest BCUT2D eigenvalue weighted by molar-refractivity contribution is 6.62. The molecule has 0 aliphatic heterocycles. The Morgan fingerprint density at radius 1 is 0.941 bits per heavy atom. The summed E-state index contributed by atoms with van der Waals surface area (Å²) in [6, 6.07) is 2.60. The second-order valence-corrected chi connectivity index (χ2v) is 5.21. The smallest absolute Gasteiger partial charge is 0.357 e. The average molecular weight is 355 g/mol. The maximum absolute atomic E-state index is 11.4. The Kier molecular flexibility index (Phi) is 5.71. The predicted octanol–water partition coefficient (Wildman–Crippen LogP) is 5.44. The maximum Gasteiger partial charge on any atom is 0.357 e. The summed E-state index contributed by atoms with van der Waals surface area (Å²) < 4.78 is 4.42. The highest BCUT2D eigenvalue weighted by Gasteiger charge is 2.16. The van der Waals surface area contributed by atoms with Gasteiger partial charge in [-0.25, -0.2) is 4.79 Å². The lowest BCUT2D eigenvalue weighted by Gasteiger charge is -2.07. The summed E-state index contributed by atoms with van der Waals surface area (Å²) in [5.74, 6) is -0.953. The van der Waals surface area contributed by atoms with E-state index in [-0.39, 0.29) is 20.8 Å². The fourth-order valence-electron chi connectivity index (χ4n) is 0.804. The molecule has 0 N–H and O–H groups in total. The summed E-state index contributed by atoms with van der Waals surface area (Å²) >= 11 is 33.3. The van der Waals surface area contributed by atoms with Crippen LogP contribution in [0.3, 0.4) is 0 Å². The average Bonchev–Trinajstić information content (AvgIpc) is 2.24. The van der Waals surface area contributed by atoms with Gasteiger partial charge in [0, 0.05) is 6.07 Å². The molecule has 8 heteroatoms. The number of esters is 1. The van der Waals surface area contributed by atoms with Crippen molar-refractivity contribution in [3.05, 3.63) is 36.7 Å². The topological polar surface area (TPSA) is 26.3 Å². The Labute approximate surface area is 127 Å². The van der Waals surface area contributed by atoms with E-state index in [1.807, 2.05) is 0 Å². The van der Waals surface area contributed by atoms with Crippen molar-refractivity contribution in [3.8, 4) is 5.75 Å². The third-order valence-electron chi connectivity index (χ3n) is 1.52. The first kappa shape index (κ1) is 15.2. The Bertz CT molecular complexity index is 493. The van der Waals surface area contributed by atoms with Crippen LogP contribution in [0.25, 0.3) is 0 Å². The van der Waals surface area contributed by atoms with Gasteiger partial charge in [0.15, 0.2) is 10.8 Å². The highest BCUT2D eigenvalue weighted by atomic mass is 35.5. The van der Waals surface area contributed by atoms with Gasteiger partial charge in [-0.3, -0.25) is 0 Å². The Morgan fingerprint density at radius 2 is 1.47 bits per heavy atom. The minimum absolute atomic E-state index is 0.00111. The number of ether oxygens (including phenoxy) is 1. The number of hydrogen-bond donors (Lipinski definition) is 0. The van der Waals surface area contributed by atoms with Gasteiger partial charge >= 0.3 is 5.97 Å². The number of hydrogen-bond acceptors (Lipinski definition) is 2. The van der Waals surface area contributed by atoms with Crippen LogP contribution in [-0.4, -0.2) is 5.97 Å². The van der Waals surface area contributed by atoms with Crippen molar-refractivity contribution in [2.45, 2.75) is 0 Å². The number of halogens is 6. The van der Waals surface area contributed by atoms with Crippen molar-refractivity contribution < 1.29 is 9.53 Å². The van der Waals surface area contributed by atoms with Gasteiger partial charge in [-0.1, -0.05) is 69.6 Å². The largest absolute Gasteiger partial charge is 0.421 e. The molecule has 0 aliphatic carbocycles. The zero-order valence-corrected chi connectivity index (χ0v) is 12.3. The van der Waals surface area contributed by atoms with Gasteiger partial charge < -0.3 is 4.74 Å². The van der Waals surface area contributed by atoms with Gasteiger partial charge in [-0.2, -0.15) is 0 Å². The van der Waals surface area contributed by atoms with Crippen molar-refractivity contribution in [2.75, 3.05) is 0 Å². The van der Waals surface area contributed by atoms with E-state index in [1.54, 1.807) is 0 Å². The Balaban J connectivity index is 3.01. The highest BCUT2D eigenvalue weighted by Crippen LogP contribution is 2.34. The minimum Gasteiger partial charge on any atom is -0.421 e.